The molecule has 11 heteroatoms. The van der Waals surface area contributed by atoms with E-state index in [2.05, 4.69) is 20.1 Å². The van der Waals surface area contributed by atoms with Crippen LogP contribution in [0, 0.1) is 5.82 Å². The van der Waals surface area contributed by atoms with Crippen LogP contribution in [0.2, 0.25) is 0 Å². The predicted molar refractivity (Wildman–Crippen MR) is 116 cm³/mol. The molecular formula is C22H22F4N6O. The molecule has 2 amide bonds. The zero-order valence-electron chi connectivity index (χ0n) is 17.9. The van der Waals surface area contributed by atoms with Crippen LogP contribution in [0.5, 0.6) is 0 Å². The Kier molecular flexibility index (Phi) is 6.41. The molecule has 3 heterocycles. The van der Waals surface area contributed by atoms with Crippen molar-refractivity contribution in [2.45, 2.75) is 19.1 Å². The van der Waals surface area contributed by atoms with Crippen LogP contribution in [0.1, 0.15) is 17.7 Å². The van der Waals surface area contributed by atoms with Gasteiger partial charge in [-0.1, -0.05) is 12.1 Å². The lowest BCUT2D eigenvalue weighted by atomic mass is 10.1. The molecule has 1 aromatic carbocycles. The predicted octanol–water partition coefficient (Wildman–Crippen LogP) is 3.71. The lowest BCUT2D eigenvalue weighted by Crippen LogP contribution is -2.52. The van der Waals surface area contributed by atoms with Gasteiger partial charge < -0.3 is 9.80 Å². The first-order valence-electron chi connectivity index (χ1n) is 10.4. The Labute approximate surface area is 188 Å². The molecule has 2 aliphatic heterocycles. The number of carbonyl (C=O) groups excluding carboxylic acids is 1. The molecule has 174 valence electrons. The SMILES string of the molecule is CN1CCN(C(=O)N(Cc2ccc(C3=NN=C(C(F)(F)F)C3)cn2)c2ccccc2F)CC1. The van der Waals surface area contributed by atoms with Gasteiger partial charge in [0.25, 0.3) is 0 Å². The van der Waals surface area contributed by atoms with Gasteiger partial charge in [0, 0.05) is 44.4 Å². The van der Waals surface area contributed by atoms with Gasteiger partial charge in [0.05, 0.1) is 23.6 Å². The Bertz CT molecular complexity index is 1080. The topological polar surface area (TPSA) is 64.4 Å². The molecule has 0 aliphatic carbocycles. The molecule has 0 N–H and O–H groups in total. The summed E-state index contributed by atoms with van der Waals surface area (Å²) in [5.74, 6) is -0.534. The van der Waals surface area contributed by atoms with Crippen molar-refractivity contribution in [1.82, 2.24) is 14.8 Å². The van der Waals surface area contributed by atoms with E-state index in [0.717, 1.165) is 0 Å². The maximum atomic E-state index is 14.6. The largest absolute Gasteiger partial charge is 0.431 e. The fraction of sp³-hybridized carbons (Fsp3) is 0.364. The van der Waals surface area contributed by atoms with E-state index in [-0.39, 0.29) is 24.0 Å². The van der Waals surface area contributed by atoms with E-state index < -0.39 is 24.1 Å². The van der Waals surface area contributed by atoms with Gasteiger partial charge >= 0.3 is 12.2 Å². The fourth-order valence-corrected chi connectivity index (χ4v) is 3.61. The van der Waals surface area contributed by atoms with Crippen LogP contribution in [-0.2, 0) is 6.54 Å². The van der Waals surface area contributed by atoms with E-state index in [1.54, 1.807) is 29.2 Å². The van der Waals surface area contributed by atoms with Crippen LogP contribution in [0.25, 0.3) is 0 Å². The van der Waals surface area contributed by atoms with Gasteiger partial charge in [0.15, 0.2) is 0 Å². The number of aromatic nitrogens is 1. The maximum Gasteiger partial charge on any atom is 0.431 e. The highest BCUT2D eigenvalue weighted by atomic mass is 19.4. The zero-order chi connectivity index (χ0) is 23.6. The van der Waals surface area contributed by atoms with Crippen molar-refractivity contribution >= 4 is 23.1 Å². The van der Waals surface area contributed by atoms with Crippen molar-refractivity contribution in [3.63, 3.8) is 0 Å². The zero-order valence-corrected chi connectivity index (χ0v) is 17.9. The number of amides is 2. The third-order valence-electron chi connectivity index (χ3n) is 5.58. The molecule has 4 rings (SSSR count). The summed E-state index contributed by atoms with van der Waals surface area (Å²) >= 11 is 0. The van der Waals surface area contributed by atoms with E-state index in [9.17, 15) is 22.4 Å². The van der Waals surface area contributed by atoms with Gasteiger partial charge in [-0.2, -0.15) is 18.3 Å². The van der Waals surface area contributed by atoms with Crippen LogP contribution in [0.3, 0.4) is 0 Å². The molecule has 0 spiro atoms. The Morgan fingerprint density at radius 3 is 2.39 bits per heavy atom. The summed E-state index contributed by atoms with van der Waals surface area (Å²) < 4.78 is 53.0. The molecule has 0 atom stereocenters. The minimum absolute atomic E-state index is 0.00314. The number of carbonyl (C=O) groups is 1. The molecule has 0 unspecified atom stereocenters. The molecule has 2 aliphatic rings. The van der Waals surface area contributed by atoms with E-state index in [0.29, 0.717) is 37.4 Å². The van der Waals surface area contributed by atoms with Crippen LogP contribution in [0.15, 0.2) is 52.8 Å². The number of alkyl halides is 3. The Balaban J connectivity index is 1.52. The number of benzene rings is 1. The van der Waals surface area contributed by atoms with Gasteiger partial charge in [-0.15, -0.1) is 5.10 Å². The molecule has 33 heavy (non-hydrogen) atoms. The van der Waals surface area contributed by atoms with Crippen LogP contribution in [-0.4, -0.2) is 71.6 Å². The second-order valence-corrected chi connectivity index (χ2v) is 7.92. The number of anilines is 1. The number of hydrogen-bond donors (Lipinski definition) is 0. The van der Waals surface area contributed by atoms with Gasteiger partial charge in [-0.3, -0.25) is 9.88 Å². The maximum absolute atomic E-state index is 14.6. The highest BCUT2D eigenvalue weighted by Crippen LogP contribution is 2.26. The average Bonchev–Trinajstić information content (AvgIpc) is 3.30. The summed E-state index contributed by atoms with van der Waals surface area (Å²) in [7, 11) is 1.97. The van der Waals surface area contributed by atoms with Crippen LogP contribution >= 0.6 is 0 Å². The molecule has 7 nitrogen and oxygen atoms in total. The first-order valence-corrected chi connectivity index (χ1v) is 10.4. The van der Waals surface area contributed by atoms with Gasteiger partial charge in [-0.05, 0) is 31.3 Å². The second-order valence-electron chi connectivity index (χ2n) is 7.92. The van der Waals surface area contributed by atoms with E-state index in [4.69, 9.17) is 0 Å². The van der Waals surface area contributed by atoms with Crippen LogP contribution < -0.4 is 4.90 Å². The molecule has 2 aromatic rings. The van der Waals surface area contributed by atoms with E-state index >= 15 is 0 Å². The Morgan fingerprint density at radius 2 is 1.79 bits per heavy atom. The number of piperazine rings is 1. The highest BCUT2D eigenvalue weighted by molar-refractivity contribution is 6.16. The van der Waals surface area contributed by atoms with Crippen molar-refractivity contribution in [1.29, 1.82) is 0 Å². The molecule has 1 aromatic heterocycles. The summed E-state index contributed by atoms with van der Waals surface area (Å²) in [5.41, 5.74) is 0.214. The van der Waals surface area contributed by atoms with E-state index in [1.807, 2.05) is 7.05 Å². The van der Waals surface area contributed by atoms with Crippen molar-refractivity contribution in [2.24, 2.45) is 10.2 Å². The number of pyridine rings is 1. The van der Waals surface area contributed by atoms with Crippen LogP contribution in [0.4, 0.5) is 28.0 Å². The lowest BCUT2D eigenvalue weighted by Gasteiger charge is -2.36. The van der Waals surface area contributed by atoms with Gasteiger partial charge in [0.2, 0.25) is 0 Å². The third-order valence-corrected chi connectivity index (χ3v) is 5.58. The van der Waals surface area contributed by atoms with Crippen molar-refractivity contribution in [3.8, 4) is 0 Å². The standard InChI is InChI=1S/C22H22F4N6O/c1-30-8-10-31(11-9-30)21(33)32(19-5-3-2-4-17(19)23)14-16-7-6-15(13-27-16)18-12-20(29-28-18)22(24,25)26/h2-7,13H,8-12,14H2,1H3. The summed E-state index contributed by atoms with van der Waals surface area (Å²) in [6, 6.07) is 8.85. The molecular weight excluding hydrogens is 440 g/mol. The first-order chi connectivity index (χ1) is 15.7. The molecule has 0 radical (unpaired) electrons. The van der Waals surface area contributed by atoms with Gasteiger partial charge in [0.1, 0.15) is 11.5 Å². The monoisotopic (exact) mass is 462 g/mol. The molecule has 0 bridgehead atoms. The first kappa shape index (κ1) is 22.8. The minimum Gasteiger partial charge on any atom is -0.322 e. The molecule has 1 saturated heterocycles. The van der Waals surface area contributed by atoms with Crippen molar-refractivity contribution in [2.75, 3.05) is 38.1 Å². The fourth-order valence-electron chi connectivity index (χ4n) is 3.61. The lowest BCUT2D eigenvalue weighted by molar-refractivity contribution is -0.0596. The number of para-hydroxylation sites is 1. The van der Waals surface area contributed by atoms with Gasteiger partial charge in [-0.25, -0.2) is 9.18 Å². The number of nitrogens with zero attached hydrogens (tertiary/aromatic N) is 6. The number of likely N-dealkylation sites (N-methyl/N-ethyl adjacent to an activating group) is 1. The normalized spacial score (nSPS) is 17.1. The number of rotatable bonds is 4. The average molecular weight is 462 g/mol. The molecule has 0 saturated carbocycles. The quantitative estimate of drug-likeness (QED) is 0.651. The summed E-state index contributed by atoms with van der Waals surface area (Å²) in [6.07, 6.45) is -3.56. The summed E-state index contributed by atoms with van der Waals surface area (Å²) in [4.78, 5) is 22.7. The smallest absolute Gasteiger partial charge is 0.322 e. The second kappa shape index (κ2) is 9.26. The number of urea groups is 1. The Hall–Kier alpha value is -3.34. The number of hydrogen-bond acceptors (Lipinski definition) is 5. The summed E-state index contributed by atoms with van der Waals surface area (Å²) in [6.45, 7) is 2.48. The summed E-state index contributed by atoms with van der Waals surface area (Å²) in [5, 5.41) is 6.83. The number of halogens is 4. The van der Waals surface area contributed by atoms with E-state index in [1.165, 1.54) is 23.2 Å². The molecule has 1 fully saturated rings. The minimum atomic E-state index is -4.53. The van der Waals surface area contributed by atoms with Crippen molar-refractivity contribution < 1.29 is 22.4 Å². The third kappa shape index (κ3) is 5.19. The van der Waals surface area contributed by atoms with Crippen molar-refractivity contribution in [3.05, 3.63) is 59.7 Å². The highest BCUT2D eigenvalue weighted by Gasteiger charge is 2.39. The Morgan fingerprint density at radius 1 is 1.06 bits per heavy atom.